The summed E-state index contributed by atoms with van der Waals surface area (Å²) in [6.45, 7) is -0.0559. The summed E-state index contributed by atoms with van der Waals surface area (Å²) in [7, 11) is 2.99. The Morgan fingerprint density at radius 1 is 1.00 bits per heavy atom. The number of benzene rings is 3. The van der Waals surface area contributed by atoms with Crippen LogP contribution in [0, 0.1) is 11.6 Å². The predicted molar refractivity (Wildman–Crippen MR) is 120 cm³/mol. The first-order chi connectivity index (χ1) is 16.3. The van der Waals surface area contributed by atoms with Crippen LogP contribution in [0.25, 0.3) is 0 Å². The van der Waals surface area contributed by atoms with Crippen molar-refractivity contribution in [2.75, 3.05) is 26.1 Å². The van der Waals surface area contributed by atoms with Gasteiger partial charge in [0, 0.05) is 42.0 Å². The number of ether oxygens (including phenoxy) is 3. The van der Waals surface area contributed by atoms with Crippen molar-refractivity contribution in [1.29, 1.82) is 0 Å². The van der Waals surface area contributed by atoms with Gasteiger partial charge in [0.15, 0.2) is 6.61 Å². The molecular weight excluding hydrogens is 446 g/mol. The minimum atomic E-state index is -0.715. The number of nitrogens with zero attached hydrogens (tertiary/aromatic N) is 1. The quantitative estimate of drug-likeness (QED) is 0.588. The van der Waals surface area contributed by atoms with Crippen LogP contribution >= 0.6 is 0 Å². The molecule has 0 saturated carbocycles. The summed E-state index contributed by atoms with van der Waals surface area (Å²) in [5, 5.41) is 2.81. The molecule has 0 fully saturated rings. The molecule has 0 radical (unpaired) electrons. The van der Waals surface area contributed by atoms with E-state index < -0.39 is 11.6 Å². The molecule has 0 aromatic heterocycles. The van der Waals surface area contributed by atoms with E-state index in [2.05, 4.69) is 5.32 Å². The lowest BCUT2D eigenvalue weighted by Crippen LogP contribution is -2.31. The molecule has 4 rings (SSSR count). The minimum absolute atomic E-state index is 0.0104. The van der Waals surface area contributed by atoms with Gasteiger partial charge in [-0.05, 0) is 48.0 Å². The van der Waals surface area contributed by atoms with Crippen molar-refractivity contribution in [2.45, 2.75) is 13.1 Å². The van der Waals surface area contributed by atoms with Gasteiger partial charge < -0.3 is 24.4 Å². The predicted octanol–water partition coefficient (Wildman–Crippen LogP) is 4.16. The Labute approximate surface area is 194 Å². The zero-order valence-electron chi connectivity index (χ0n) is 18.6. The normalized spacial score (nSPS) is 12.9. The van der Waals surface area contributed by atoms with Gasteiger partial charge in [0.1, 0.15) is 28.9 Å². The minimum Gasteiger partial charge on any atom is -0.497 e. The van der Waals surface area contributed by atoms with Crippen molar-refractivity contribution in [3.8, 4) is 17.2 Å². The maximum atomic E-state index is 13.6. The molecule has 0 saturated heterocycles. The number of carbonyl (C=O) groups excluding carboxylic acids is 2. The third-order valence-electron chi connectivity index (χ3n) is 5.29. The van der Waals surface area contributed by atoms with Crippen LogP contribution in [0.4, 0.5) is 14.5 Å². The van der Waals surface area contributed by atoms with E-state index in [4.69, 9.17) is 14.2 Å². The SMILES string of the molecule is COc1cc(OC)cc(C(=O)Nc2ccc3c(c2)CN(Cc2cc(F)cc(F)c2)C(=O)CO3)c1. The van der Waals surface area contributed by atoms with Crippen LogP contribution in [-0.2, 0) is 17.9 Å². The van der Waals surface area contributed by atoms with E-state index in [0.717, 1.165) is 6.07 Å². The molecular formula is C25H22F2N2O5. The lowest BCUT2D eigenvalue weighted by Gasteiger charge is -2.20. The Hall–Kier alpha value is -4.14. The van der Waals surface area contributed by atoms with Gasteiger partial charge in [0.2, 0.25) is 0 Å². The lowest BCUT2D eigenvalue weighted by molar-refractivity contribution is -0.133. The molecule has 0 atom stereocenters. The van der Waals surface area contributed by atoms with E-state index in [9.17, 15) is 18.4 Å². The molecule has 1 heterocycles. The molecule has 0 unspecified atom stereocenters. The third kappa shape index (κ3) is 5.25. The van der Waals surface area contributed by atoms with Crippen molar-refractivity contribution in [3.05, 3.63) is 82.9 Å². The van der Waals surface area contributed by atoms with Crippen LogP contribution in [-0.4, -0.2) is 37.5 Å². The van der Waals surface area contributed by atoms with E-state index in [1.54, 1.807) is 36.4 Å². The molecule has 2 amide bonds. The van der Waals surface area contributed by atoms with Gasteiger partial charge in [-0.1, -0.05) is 0 Å². The second-order valence-electron chi connectivity index (χ2n) is 7.69. The average Bonchev–Trinajstić information content (AvgIpc) is 2.96. The zero-order chi connectivity index (χ0) is 24.2. The van der Waals surface area contributed by atoms with Crippen LogP contribution in [0.2, 0.25) is 0 Å². The van der Waals surface area contributed by atoms with Crippen LogP contribution in [0.3, 0.4) is 0 Å². The Morgan fingerprint density at radius 2 is 1.68 bits per heavy atom. The lowest BCUT2D eigenvalue weighted by atomic mass is 10.1. The van der Waals surface area contributed by atoms with E-state index in [1.807, 2.05) is 0 Å². The maximum absolute atomic E-state index is 13.6. The molecule has 1 aliphatic heterocycles. The summed E-state index contributed by atoms with van der Waals surface area (Å²) < 4.78 is 43.2. The number of fused-ring (bicyclic) bond motifs is 1. The van der Waals surface area contributed by atoms with Crippen molar-refractivity contribution in [3.63, 3.8) is 0 Å². The molecule has 34 heavy (non-hydrogen) atoms. The topological polar surface area (TPSA) is 77.1 Å². The van der Waals surface area contributed by atoms with Crippen molar-refractivity contribution < 1.29 is 32.6 Å². The Bertz CT molecular complexity index is 1210. The molecule has 0 aliphatic carbocycles. The molecule has 3 aromatic carbocycles. The van der Waals surface area contributed by atoms with Crippen molar-refractivity contribution in [1.82, 2.24) is 4.90 Å². The summed E-state index contributed by atoms with van der Waals surface area (Å²) in [5.74, 6) is -0.696. The molecule has 1 aliphatic rings. The van der Waals surface area contributed by atoms with Crippen molar-refractivity contribution >= 4 is 17.5 Å². The average molecular weight is 468 g/mol. The third-order valence-corrected chi connectivity index (χ3v) is 5.29. The molecule has 1 N–H and O–H groups in total. The smallest absolute Gasteiger partial charge is 0.261 e. The van der Waals surface area contributed by atoms with Gasteiger partial charge in [-0.25, -0.2) is 8.78 Å². The molecule has 0 spiro atoms. The summed E-state index contributed by atoms with van der Waals surface area (Å²) >= 11 is 0. The van der Waals surface area contributed by atoms with Crippen LogP contribution in [0.15, 0.2) is 54.6 Å². The molecule has 3 aromatic rings. The number of hydrogen-bond acceptors (Lipinski definition) is 5. The first-order valence-corrected chi connectivity index (χ1v) is 10.4. The molecule has 7 nitrogen and oxygen atoms in total. The van der Waals surface area contributed by atoms with Crippen LogP contribution in [0.1, 0.15) is 21.5 Å². The number of carbonyl (C=O) groups is 2. The summed E-state index contributed by atoms with van der Waals surface area (Å²) in [4.78, 5) is 26.8. The van der Waals surface area contributed by atoms with Crippen molar-refractivity contribution in [2.24, 2.45) is 0 Å². The summed E-state index contributed by atoms with van der Waals surface area (Å²) in [6, 6.07) is 13.0. The number of rotatable bonds is 6. The number of methoxy groups -OCH3 is 2. The summed E-state index contributed by atoms with van der Waals surface area (Å²) in [6.07, 6.45) is 0. The van der Waals surface area contributed by atoms with Gasteiger partial charge >= 0.3 is 0 Å². The van der Waals surface area contributed by atoms with Crippen LogP contribution < -0.4 is 19.5 Å². The molecule has 176 valence electrons. The van der Waals surface area contributed by atoms with E-state index in [0.29, 0.717) is 39.6 Å². The fraction of sp³-hybridized carbons (Fsp3) is 0.200. The van der Waals surface area contributed by atoms with Gasteiger partial charge in [0.05, 0.1) is 14.2 Å². The number of nitrogens with one attached hydrogen (secondary N) is 1. The Morgan fingerprint density at radius 3 is 2.32 bits per heavy atom. The van der Waals surface area contributed by atoms with Gasteiger partial charge in [-0.15, -0.1) is 0 Å². The van der Waals surface area contributed by atoms with Crippen LogP contribution in [0.5, 0.6) is 17.2 Å². The fourth-order valence-corrected chi connectivity index (χ4v) is 3.65. The summed E-state index contributed by atoms with van der Waals surface area (Å²) in [5.41, 5.74) is 1.79. The Kier molecular flexibility index (Phi) is 6.62. The number of amides is 2. The Balaban J connectivity index is 1.55. The highest BCUT2D eigenvalue weighted by Gasteiger charge is 2.23. The number of hydrogen-bond donors (Lipinski definition) is 1. The first-order valence-electron chi connectivity index (χ1n) is 10.4. The largest absolute Gasteiger partial charge is 0.497 e. The van der Waals surface area contributed by atoms with E-state index in [1.165, 1.54) is 31.3 Å². The highest BCUT2D eigenvalue weighted by Crippen LogP contribution is 2.29. The zero-order valence-corrected chi connectivity index (χ0v) is 18.6. The number of anilines is 1. The fourth-order valence-electron chi connectivity index (χ4n) is 3.65. The highest BCUT2D eigenvalue weighted by molar-refractivity contribution is 6.04. The molecule has 0 bridgehead atoms. The second kappa shape index (κ2) is 9.78. The maximum Gasteiger partial charge on any atom is 0.261 e. The standard InChI is InChI=1S/C25H22F2N2O5/c1-32-21-8-16(9-22(11-21)33-2)25(31)28-20-3-4-23-17(7-20)13-29(24(30)14-34-23)12-15-5-18(26)10-19(27)6-15/h3-11H,12-14H2,1-2H3,(H,28,31). The van der Waals surface area contributed by atoms with E-state index in [-0.39, 0.29) is 31.5 Å². The highest BCUT2D eigenvalue weighted by atomic mass is 19.1. The monoisotopic (exact) mass is 468 g/mol. The molecule has 9 heteroatoms. The second-order valence-corrected chi connectivity index (χ2v) is 7.69. The first kappa shape index (κ1) is 23.0. The van der Waals surface area contributed by atoms with Gasteiger partial charge in [0.25, 0.3) is 11.8 Å². The van der Waals surface area contributed by atoms with E-state index >= 15 is 0 Å². The number of halogens is 2. The van der Waals surface area contributed by atoms with Gasteiger partial charge in [-0.3, -0.25) is 9.59 Å². The van der Waals surface area contributed by atoms with Gasteiger partial charge in [-0.2, -0.15) is 0 Å².